The Morgan fingerprint density at radius 1 is 1.53 bits per heavy atom. The lowest BCUT2D eigenvalue weighted by molar-refractivity contribution is 0.0120. The molecule has 4 heteroatoms. The number of nitrogens with two attached hydrogens (primary N) is 1. The number of nitrogens with zero attached hydrogens (tertiary/aromatic N) is 2. The number of aromatic nitrogens is 2. The maximum Gasteiger partial charge on any atom is 0.0949 e. The molecular formula is C13H25N3O. The van der Waals surface area contributed by atoms with Crippen LogP contribution in [0.15, 0.2) is 12.5 Å². The molecule has 0 fully saturated rings. The lowest BCUT2D eigenvalue weighted by Crippen LogP contribution is -2.24. The topological polar surface area (TPSA) is 53.1 Å². The van der Waals surface area contributed by atoms with Crippen molar-refractivity contribution in [3.05, 3.63) is 18.2 Å². The van der Waals surface area contributed by atoms with Crippen LogP contribution in [-0.4, -0.2) is 28.3 Å². The Bertz CT molecular complexity index is 333. The standard InChI is InChI=1S/C13H25N3O/c1-5-11(14)8-12-9-16(10-15-12)7-6-13(2,3)17-4/h9-11H,5-8,14H2,1-4H3. The first-order valence-electron chi connectivity index (χ1n) is 6.28. The van der Waals surface area contributed by atoms with Gasteiger partial charge in [0.25, 0.3) is 0 Å². The summed E-state index contributed by atoms with van der Waals surface area (Å²) in [6.07, 6.45) is 6.78. The molecule has 1 unspecified atom stereocenters. The Morgan fingerprint density at radius 2 is 2.24 bits per heavy atom. The van der Waals surface area contributed by atoms with Crippen molar-refractivity contribution in [1.29, 1.82) is 0 Å². The smallest absolute Gasteiger partial charge is 0.0949 e. The summed E-state index contributed by atoms with van der Waals surface area (Å²) in [5.74, 6) is 0. The molecule has 1 heterocycles. The number of hydrogen-bond acceptors (Lipinski definition) is 3. The highest BCUT2D eigenvalue weighted by molar-refractivity contribution is 4.99. The van der Waals surface area contributed by atoms with Crippen molar-refractivity contribution < 1.29 is 4.74 Å². The number of hydrogen-bond donors (Lipinski definition) is 1. The molecular weight excluding hydrogens is 214 g/mol. The highest BCUT2D eigenvalue weighted by atomic mass is 16.5. The number of ether oxygens (including phenoxy) is 1. The second kappa shape index (κ2) is 6.17. The summed E-state index contributed by atoms with van der Waals surface area (Å²) in [5, 5.41) is 0. The van der Waals surface area contributed by atoms with Gasteiger partial charge in [0.15, 0.2) is 0 Å². The lowest BCUT2D eigenvalue weighted by Gasteiger charge is -2.22. The van der Waals surface area contributed by atoms with Gasteiger partial charge in [0.2, 0.25) is 0 Å². The van der Waals surface area contributed by atoms with Crippen LogP contribution in [0.5, 0.6) is 0 Å². The Morgan fingerprint density at radius 3 is 2.82 bits per heavy atom. The minimum absolute atomic E-state index is 0.0791. The van der Waals surface area contributed by atoms with E-state index >= 15 is 0 Å². The predicted molar refractivity (Wildman–Crippen MR) is 69.9 cm³/mol. The fourth-order valence-electron chi connectivity index (χ4n) is 1.55. The minimum Gasteiger partial charge on any atom is -0.379 e. The Balaban J connectivity index is 2.46. The van der Waals surface area contributed by atoms with Crippen LogP contribution in [0.2, 0.25) is 0 Å². The number of imidazole rings is 1. The molecule has 0 saturated carbocycles. The van der Waals surface area contributed by atoms with Crippen molar-refractivity contribution in [2.45, 2.75) is 58.2 Å². The normalized spacial score (nSPS) is 13.9. The molecule has 4 nitrogen and oxygen atoms in total. The molecule has 0 aromatic carbocycles. The molecule has 0 bridgehead atoms. The van der Waals surface area contributed by atoms with Gasteiger partial charge in [0.05, 0.1) is 17.6 Å². The summed E-state index contributed by atoms with van der Waals surface area (Å²) < 4.78 is 7.50. The third-order valence-corrected chi connectivity index (χ3v) is 3.21. The molecule has 0 aliphatic heterocycles. The van der Waals surface area contributed by atoms with Gasteiger partial charge in [-0.15, -0.1) is 0 Å². The Labute approximate surface area is 104 Å². The van der Waals surface area contributed by atoms with Crippen LogP contribution >= 0.6 is 0 Å². The van der Waals surface area contributed by atoms with Crippen LogP contribution in [0.4, 0.5) is 0 Å². The fraction of sp³-hybridized carbons (Fsp3) is 0.769. The zero-order valence-corrected chi connectivity index (χ0v) is 11.4. The average molecular weight is 239 g/mol. The van der Waals surface area contributed by atoms with Crippen molar-refractivity contribution in [3.8, 4) is 0 Å². The van der Waals surface area contributed by atoms with Crippen molar-refractivity contribution in [2.75, 3.05) is 7.11 Å². The van der Waals surface area contributed by atoms with E-state index in [1.54, 1.807) is 7.11 Å². The van der Waals surface area contributed by atoms with Gasteiger partial charge in [-0.3, -0.25) is 0 Å². The van der Waals surface area contributed by atoms with Crippen molar-refractivity contribution in [2.24, 2.45) is 5.73 Å². The van der Waals surface area contributed by atoms with E-state index in [4.69, 9.17) is 10.5 Å². The zero-order valence-electron chi connectivity index (χ0n) is 11.4. The van der Waals surface area contributed by atoms with Gasteiger partial charge < -0.3 is 15.0 Å². The molecule has 2 N–H and O–H groups in total. The van der Waals surface area contributed by atoms with Gasteiger partial charge in [-0.05, 0) is 26.7 Å². The van der Waals surface area contributed by atoms with Gasteiger partial charge in [-0.2, -0.15) is 0 Å². The van der Waals surface area contributed by atoms with Gasteiger partial charge in [-0.25, -0.2) is 4.98 Å². The molecule has 0 aliphatic carbocycles. The highest BCUT2D eigenvalue weighted by Crippen LogP contribution is 2.14. The van der Waals surface area contributed by atoms with Gasteiger partial charge in [0.1, 0.15) is 0 Å². The quantitative estimate of drug-likeness (QED) is 0.791. The molecule has 0 radical (unpaired) electrons. The molecule has 98 valence electrons. The van der Waals surface area contributed by atoms with Gasteiger partial charge in [0, 0.05) is 32.3 Å². The van der Waals surface area contributed by atoms with Crippen molar-refractivity contribution in [1.82, 2.24) is 9.55 Å². The first kappa shape index (κ1) is 14.2. The van der Waals surface area contributed by atoms with Crippen LogP contribution in [0, 0.1) is 0 Å². The summed E-state index contributed by atoms with van der Waals surface area (Å²) in [6, 6.07) is 0.216. The molecule has 0 aliphatic rings. The molecule has 1 aromatic heterocycles. The van der Waals surface area contributed by atoms with E-state index in [-0.39, 0.29) is 11.6 Å². The van der Waals surface area contributed by atoms with E-state index in [1.165, 1.54) is 0 Å². The monoisotopic (exact) mass is 239 g/mol. The predicted octanol–water partition coefficient (Wildman–Crippen LogP) is 1.98. The third kappa shape index (κ3) is 4.88. The molecule has 0 amide bonds. The van der Waals surface area contributed by atoms with E-state index in [0.29, 0.717) is 0 Å². The summed E-state index contributed by atoms with van der Waals surface area (Å²) >= 11 is 0. The van der Waals surface area contributed by atoms with E-state index in [2.05, 4.69) is 36.5 Å². The number of rotatable bonds is 7. The van der Waals surface area contributed by atoms with Crippen LogP contribution in [0.3, 0.4) is 0 Å². The first-order valence-corrected chi connectivity index (χ1v) is 6.28. The van der Waals surface area contributed by atoms with E-state index in [0.717, 1.165) is 31.5 Å². The highest BCUT2D eigenvalue weighted by Gasteiger charge is 2.16. The zero-order chi connectivity index (χ0) is 12.9. The maximum atomic E-state index is 5.91. The van der Waals surface area contributed by atoms with E-state index in [9.17, 15) is 0 Å². The molecule has 0 saturated heterocycles. The molecule has 1 rings (SSSR count). The van der Waals surface area contributed by atoms with Gasteiger partial charge in [-0.1, -0.05) is 6.92 Å². The molecule has 1 aromatic rings. The second-order valence-electron chi connectivity index (χ2n) is 5.19. The summed E-state index contributed by atoms with van der Waals surface area (Å²) in [4.78, 5) is 4.37. The van der Waals surface area contributed by atoms with Crippen LogP contribution in [0.1, 0.15) is 39.3 Å². The first-order chi connectivity index (χ1) is 7.96. The second-order valence-corrected chi connectivity index (χ2v) is 5.19. The Kier molecular flexibility index (Phi) is 5.15. The SMILES string of the molecule is CCC(N)Cc1cn(CCC(C)(C)OC)cn1. The van der Waals surface area contributed by atoms with E-state index < -0.39 is 0 Å². The average Bonchev–Trinajstić information content (AvgIpc) is 2.74. The third-order valence-electron chi connectivity index (χ3n) is 3.21. The van der Waals surface area contributed by atoms with Crippen LogP contribution in [-0.2, 0) is 17.7 Å². The minimum atomic E-state index is -0.0791. The largest absolute Gasteiger partial charge is 0.379 e. The van der Waals surface area contributed by atoms with Crippen LogP contribution < -0.4 is 5.73 Å². The molecule has 0 spiro atoms. The molecule has 17 heavy (non-hydrogen) atoms. The summed E-state index contributed by atoms with van der Waals surface area (Å²) in [5.41, 5.74) is 6.91. The summed E-state index contributed by atoms with van der Waals surface area (Å²) in [7, 11) is 1.75. The van der Waals surface area contributed by atoms with Crippen LogP contribution in [0.25, 0.3) is 0 Å². The number of aryl methyl sites for hydroxylation is 1. The van der Waals surface area contributed by atoms with E-state index in [1.807, 2.05) is 6.33 Å². The van der Waals surface area contributed by atoms with Crippen molar-refractivity contribution >= 4 is 0 Å². The lowest BCUT2D eigenvalue weighted by atomic mass is 10.1. The molecule has 1 atom stereocenters. The number of methoxy groups -OCH3 is 1. The summed E-state index contributed by atoms with van der Waals surface area (Å²) in [6.45, 7) is 7.22. The fourth-order valence-corrected chi connectivity index (χ4v) is 1.55. The van der Waals surface area contributed by atoms with Crippen molar-refractivity contribution in [3.63, 3.8) is 0 Å². The van der Waals surface area contributed by atoms with Gasteiger partial charge >= 0.3 is 0 Å². The Hall–Kier alpha value is -0.870. The maximum absolute atomic E-state index is 5.91.